The van der Waals surface area contributed by atoms with Crippen molar-refractivity contribution in [2.24, 2.45) is 11.8 Å². The van der Waals surface area contributed by atoms with Crippen molar-refractivity contribution in [2.75, 3.05) is 31.5 Å². The highest BCUT2D eigenvalue weighted by Crippen LogP contribution is 2.23. The average Bonchev–Trinajstić information content (AvgIpc) is 2.87. The molecule has 2 N–H and O–H groups in total. The van der Waals surface area contributed by atoms with Crippen LogP contribution in [0.5, 0.6) is 0 Å². The van der Waals surface area contributed by atoms with Crippen LogP contribution in [0.15, 0.2) is 24.3 Å². The van der Waals surface area contributed by atoms with Gasteiger partial charge in [0.15, 0.2) is 0 Å². The van der Waals surface area contributed by atoms with E-state index in [1.165, 1.54) is 5.56 Å². The molecule has 2 aliphatic rings. The molecular formula is C31H49N3O7. The van der Waals surface area contributed by atoms with Crippen LogP contribution in [0.25, 0.3) is 0 Å². The molecule has 3 amide bonds. The fraction of sp³-hybridized carbons (Fsp3) is 0.677. The van der Waals surface area contributed by atoms with E-state index in [1.54, 1.807) is 9.80 Å². The normalized spacial score (nSPS) is 16.9. The minimum atomic E-state index is -0.774. The maximum absolute atomic E-state index is 12.4. The summed E-state index contributed by atoms with van der Waals surface area (Å²) >= 11 is 0. The number of hydrogen-bond donors (Lipinski definition) is 2. The number of ether oxygens (including phenoxy) is 2. The number of nitrogens with zero attached hydrogens (tertiary/aromatic N) is 2. The van der Waals surface area contributed by atoms with Gasteiger partial charge in [-0.25, -0.2) is 9.59 Å². The Bertz CT molecular complexity index is 1030. The number of nitrogens with one attached hydrogen (secondary N) is 1. The minimum Gasteiger partial charge on any atom is -0.481 e. The van der Waals surface area contributed by atoms with Crippen molar-refractivity contribution in [1.82, 2.24) is 9.80 Å². The third-order valence-corrected chi connectivity index (χ3v) is 6.86. The van der Waals surface area contributed by atoms with Gasteiger partial charge < -0.3 is 29.7 Å². The Morgan fingerprint density at radius 1 is 0.756 bits per heavy atom. The van der Waals surface area contributed by atoms with Crippen molar-refractivity contribution in [3.8, 4) is 0 Å². The van der Waals surface area contributed by atoms with Crippen LogP contribution < -0.4 is 5.32 Å². The molecule has 3 rings (SSSR count). The molecule has 2 saturated heterocycles. The van der Waals surface area contributed by atoms with Gasteiger partial charge in [-0.2, -0.15) is 0 Å². The summed E-state index contributed by atoms with van der Waals surface area (Å²) < 4.78 is 10.6. The molecule has 10 nitrogen and oxygen atoms in total. The molecule has 0 aliphatic carbocycles. The van der Waals surface area contributed by atoms with Crippen LogP contribution in [-0.2, 0) is 19.1 Å². The smallest absolute Gasteiger partial charge is 0.410 e. The molecule has 0 aromatic heterocycles. The van der Waals surface area contributed by atoms with E-state index in [-0.39, 0.29) is 29.9 Å². The van der Waals surface area contributed by atoms with Crippen LogP contribution >= 0.6 is 0 Å². The lowest BCUT2D eigenvalue weighted by molar-refractivity contribution is -0.143. The van der Waals surface area contributed by atoms with Crippen molar-refractivity contribution in [1.29, 1.82) is 0 Å². The number of hydrogen-bond acceptors (Lipinski definition) is 6. The number of rotatable bonds is 4. The summed E-state index contributed by atoms with van der Waals surface area (Å²) in [5.74, 6) is -0.658. The second-order valence-corrected chi connectivity index (χ2v) is 13.1. The molecule has 0 atom stereocenters. The van der Waals surface area contributed by atoms with Crippen molar-refractivity contribution < 1.29 is 33.8 Å². The van der Waals surface area contributed by atoms with Gasteiger partial charge in [0.05, 0.1) is 5.92 Å². The summed E-state index contributed by atoms with van der Waals surface area (Å²) in [4.78, 5) is 50.1. The number of likely N-dealkylation sites (tertiary alicyclic amines) is 2. The van der Waals surface area contributed by atoms with E-state index in [0.29, 0.717) is 57.8 Å². The number of anilines is 1. The number of carbonyl (C=O) groups excluding carboxylic acids is 3. The Kier molecular flexibility index (Phi) is 12.0. The van der Waals surface area contributed by atoms with Crippen LogP contribution in [-0.4, -0.2) is 76.4 Å². The van der Waals surface area contributed by atoms with Crippen molar-refractivity contribution in [2.45, 2.75) is 98.2 Å². The second-order valence-electron chi connectivity index (χ2n) is 13.1. The quantitative estimate of drug-likeness (QED) is 0.443. The first-order valence-corrected chi connectivity index (χ1v) is 14.5. The number of amides is 3. The minimum absolute atomic E-state index is 0.0288. The Labute approximate surface area is 244 Å². The molecule has 2 fully saturated rings. The largest absolute Gasteiger partial charge is 0.481 e. The summed E-state index contributed by atoms with van der Waals surface area (Å²) in [6.07, 6.45) is 1.69. The molecule has 1 aromatic rings. The maximum Gasteiger partial charge on any atom is 0.410 e. The molecule has 0 spiro atoms. The molecule has 0 unspecified atom stereocenters. The number of carbonyl (C=O) groups is 4. The van der Waals surface area contributed by atoms with E-state index in [0.717, 1.165) is 5.69 Å². The van der Waals surface area contributed by atoms with Crippen molar-refractivity contribution >= 4 is 29.8 Å². The third kappa shape index (κ3) is 12.0. The van der Waals surface area contributed by atoms with Crippen LogP contribution in [0, 0.1) is 11.8 Å². The molecule has 10 heteroatoms. The molecule has 2 heterocycles. The molecule has 0 radical (unpaired) electrons. The van der Waals surface area contributed by atoms with Gasteiger partial charge in [0, 0.05) is 37.8 Å². The second kappa shape index (κ2) is 14.5. The summed E-state index contributed by atoms with van der Waals surface area (Å²) in [5, 5.41) is 11.8. The van der Waals surface area contributed by atoms with Crippen molar-refractivity contribution in [3.63, 3.8) is 0 Å². The highest BCUT2D eigenvalue weighted by atomic mass is 16.6. The zero-order chi connectivity index (χ0) is 31.0. The van der Waals surface area contributed by atoms with E-state index in [4.69, 9.17) is 14.6 Å². The van der Waals surface area contributed by atoms with Crippen molar-refractivity contribution in [3.05, 3.63) is 29.8 Å². The Balaban J connectivity index is 0.000000317. The first kappa shape index (κ1) is 33.9. The van der Waals surface area contributed by atoms with Crippen LogP contribution in [0.3, 0.4) is 0 Å². The molecule has 41 heavy (non-hydrogen) atoms. The maximum atomic E-state index is 12.4. The van der Waals surface area contributed by atoms with Gasteiger partial charge in [-0.1, -0.05) is 26.0 Å². The number of aliphatic carboxylic acids is 1. The van der Waals surface area contributed by atoms with Crippen LogP contribution in [0.4, 0.5) is 15.3 Å². The van der Waals surface area contributed by atoms with Gasteiger partial charge in [-0.15, -0.1) is 0 Å². The predicted octanol–water partition coefficient (Wildman–Crippen LogP) is 6.11. The SMILES string of the molecule is CC(C)(C)OC(=O)N1CCC(C(=O)O)CC1.CC(C)c1ccc(NC(=O)C2CCN(C(=O)OC(C)(C)C)CC2)cc1. The topological polar surface area (TPSA) is 125 Å². The van der Waals surface area contributed by atoms with Gasteiger partial charge >= 0.3 is 18.2 Å². The van der Waals surface area contributed by atoms with E-state index in [2.05, 4.69) is 19.2 Å². The fourth-order valence-corrected chi connectivity index (χ4v) is 4.48. The lowest BCUT2D eigenvalue weighted by Crippen LogP contribution is -2.43. The monoisotopic (exact) mass is 575 g/mol. The molecule has 2 aliphatic heterocycles. The zero-order valence-electron chi connectivity index (χ0n) is 26.0. The molecule has 0 bridgehead atoms. The first-order chi connectivity index (χ1) is 18.9. The van der Waals surface area contributed by atoms with Gasteiger partial charge in [-0.05, 0) is 90.8 Å². The predicted molar refractivity (Wildman–Crippen MR) is 158 cm³/mol. The number of carboxylic acid groups (broad SMARTS) is 1. The van der Waals surface area contributed by atoms with E-state index < -0.39 is 17.2 Å². The Hall–Kier alpha value is -3.30. The van der Waals surface area contributed by atoms with Gasteiger partial charge in [0.1, 0.15) is 11.2 Å². The van der Waals surface area contributed by atoms with Gasteiger partial charge in [0.25, 0.3) is 0 Å². The zero-order valence-corrected chi connectivity index (χ0v) is 26.0. The van der Waals surface area contributed by atoms with Crippen LogP contribution in [0.2, 0.25) is 0 Å². The molecule has 0 saturated carbocycles. The summed E-state index contributed by atoms with van der Waals surface area (Å²) in [7, 11) is 0. The Morgan fingerprint density at radius 3 is 1.49 bits per heavy atom. The third-order valence-electron chi connectivity index (χ3n) is 6.86. The Morgan fingerprint density at radius 2 is 1.15 bits per heavy atom. The number of carboxylic acids is 1. The van der Waals surface area contributed by atoms with Crippen LogP contribution in [0.1, 0.15) is 92.6 Å². The molecular weight excluding hydrogens is 526 g/mol. The lowest BCUT2D eigenvalue weighted by atomic mass is 9.96. The highest BCUT2D eigenvalue weighted by molar-refractivity contribution is 5.92. The standard InChI is InChI=1S/C20H30N2O3.C11H19NO4/c1-14(2)15-6-8-17(9-7-15)21-18(23)16-10-12-22(13-11-16)19(24)25-20(3,4)5;1-11(2,3)16-10(15)12-6-4-8(5-7-12)9(13)14/h6-9,14,16H,10-13H2,1-5H3,(H,21,23);8H,4-7H2,1-3H3,(H,13,14). The number of piperidine rings is 2. The fourth-order valence-electron chi connectivity index (χ4n) is 4.48. The number of benzene rings is 1. The van der Waals surface area contributed by atoms with Gasteiger partial charge in [-0.3, -0.25) is 9.59 Å². The van der Waals surface area contributed by atoms with E-state index in [1.807, 2.05) is 65.8 Å². The average molecular weight is 576 g/mol. The summed E-state index contributed by atoms with van der Waals surface area (Å²) in [5.41, 5.74) is 1.08. The highest BCUT2D eigenvalue weighted by Gasteiger charge is 2.31. The summed E-state index contributed by atoms with van der Waals surface area (Å²) in [6.45, 7) is 17.3. The lowest BCUT2D eigenvalue weighted by Gasteiger charge is -2.32. The summed E-state index contributed by atoms with van der Waals surface area (Å²) in [6, 6.07) is 7.99. The van der Waals surface area contributed by atoms with E-state index >= 15 is 0 Å². The first-order valence-electron chi connectivity index (χ1n) is 14.5. The van der Waals surface area contributed by atoms with E-state index in [9.17, 15) is 19.2 Å². The molecule has 1 aromatic carbocycles. The van der Waals surface area contributed by atoms with Gasteiger partial charge in [0.2, 0.25) is 5.91 Å². The molecule has 230 valence electrons.